The SMILES string of the molecule is Cc1ccc(C)c(S(=O)(=O)N[C@@H](C)c2ccc3c(c2)CCC3)c1. The van der Waals surface area contributed by atoms with E-state index in [0.29, 0.717) is 4.90 Å². The average Bonchev–Trinajstić information content (AvgIpc) is 2.96. The molecule has 0 radical (unpaired) electrons. The van der Waals surface area contributed by atoms with Crippen molar-refractivity contribution < 1.29 is 8.42 Å². The third kappa shape index (κ3) is 3.33. The minimum absolute atomic E-state index is 0.245. The average molecular weight is 329 g/mol. The van der Waals surface area contributed by atoms with Gasteiger partial charge < -0.3 is 0 Å². The van der Waals surface area contributed by atoms with E-state index < -0.39 is 10.0 Å². The molecule has 0 bridgehead atoms. The molecule has 1 aliphatic carbocycles. The van der Waals surface area contributed by atoms with E-state index in [9.17, 15) is 8.42 Å². The van der Waals surface area contributed by atoms with E-state index in [2.05, 4.69) is 16.9 Å². The Bertz CT molecular complexity index is 840. The van der Waals surface area contributed by atoms with Gasteiger partial charge in [0.1, 0.15) is 0 Å². The lowest BCUT2D eigenvalue weighted by atomic mass is 10.0. The molecule has 0 unspecified atom stereocenters. The second kappa shape index (κ2) is 6.10. The van der Waals surface area contributed by atoms with Crippen LogP contribution in [0.2, 0.25) is 0 Å². The fourth-order valence-electron chi connectivity index (χ4n) is 3.22. The van der Waals surface area contributed by atoms with E-state index in [1.165, 1.54) is 17.5 Å². The molecular formula is C19H23NO2S. The quantitative estimate of drug-likeness (QED) is 0.926. The van der Waals surface area contributed by atoms with Gasteiger partial charge in [-0.1, -0.05) is 30.3 Å². The third-order valence-electron chi connectivity index (χ3n) is 4.59. The molecule has 1 atom stereocenters. The maximum absolute atomic E-state index is 12.7. The minimum Gasteiger partial charge on any atom is -0.207 e. The Labute approximate surface area is 138 Å². The summed E-state index contributed by atoms with van der Waals surface area (Å²) in [5, 5.41) is 0. The summed E-state index contributed by atoms with van der Waals surface area (Å²) in [6, 6.07) is 11.6. The van der Waals surface area contributed by atoms with Crippen molar-refractivity contribution >= 4 is 10.0 Å². The number of rotatable bonds is 4. The van der Waals surface area contributed by atoms with Crippen LogP contribution in [0.5, 0.6) is 0 Å². The molecule has 1 aliphatic rings. The number of sulfonamides is 1. The number of benzene rings is 2. The Balaban J connectivity index is 1.86. The van der Waals surface area contributed by atoms with E-state index in [-0.39, 0.29) is 6.04 Å². The number of nitrogens with one attached hydrogen (secondary N) is 1. The first-order valence-corrected chi connectivity index (χ1v) is 9.56. The predicted octanol–water partition coefficient (Wildman–Crippen LogP) is 3.83. The Morgan fingerprint density at radius 1 is 1.00 bits per heavy atom. The summed E-state index contributed by atoms with van der Waals surface area (Å²) in [7, 11) is -3.52. The Hall–Kier alpha value is -1.65. The summed E-state index contributed by atoms with van der Waals surface area (Å²) >= 11 is 0. The molecule has 0 aromatic heterocycles. The molecule has 0 heterocycles. The van der Waals surface area contributed by atoms with E-state index >= 15 is 0 Å². The van der Waals surface area contributed by atoms with Crippen molar-refractivity contribution in [3.63, 3.8) is 0 Å². The van der Waals surface area contributed by atoms with E-state index in [4.69, 9.17) is 0 Å². The van der Waals surface area contributed by atoms with E-state index in [1.807, 2.05) is 39.0 Å². The molecule has 1 N–H and O–H groups in total. The topological polar surface area (TPSA) is 46.2 Å². The van der Waals surface area contributed by atoms with Crippen molar-refractivity contribution in [1.82, 2.24) is 4.72 Å². The van der Waals surface area contributed by atoms with Crippen LogP contribution in [0.1, 0.15) is 47.2 Å². The summed E-state index contributed by atoms with van der Waals surface area (Å²) in [6.45, 7) is 5.63. The first-order valence-electron chi connectivity index (χ1n) is 8.08. The van der Waals surface area contributed by atoms with Gasteiger partial charge in [0.2, 0.25) is 10.0 Å². The molecule has 23 heavy (non-hydrogen) atoms. The molecule has 0 fully saturated rings. The lowest BCUT2D eigenvalue weighted by Gasteiger charge is -2.17. The Morgan fingerprint density at radius 2 is 1.74 bits per heavy atom. The standard InChI is InChI=1S/C19H23NO2S/c1-13-7-8-14(2)19(11-13)23(21,22)20-15(3)17-10-9-16-5-4-6-18(16)12-17/h7-12,15,20H,4-6H2,1-3H3/t15-/m0/s1. The molecule has 0 aliphatic heterocycles. The molecule has 4 heteroatoms. The molecule has 0 spiro atoms. The number of hydrogen-bond donors (Lipinski definition) is 1. The van der Waals surface area contributed by atoms with Crippen LogP contribution in [-0.2, 0) is 22.9 Å². The summed E-state index contributed by atoms with van der Waals surface area (Å²) in [5.41, 5.74) is 5.50. The van der Waals surface area contributed by atoms with Crippen LogP contribution in [0.15, 0.2) is 41.3 Å². The lowest BCUT2D eigenvalue weighted by molar-refractivity contribution is 0.566. The summed E-state index contributed by atoms with van der Waals surface area (Å²) in [4.78, 5) is 0.366. The van der Waals surface area contributed by atoms with Gasteiger partial charge in [0, 0.05) is 6.04 Å². The minimum atomic E-state index is -3.52. The largest absolute Gasteiger partial charge is 0.241 e. The summed E-state index contributed by atoms with van der Waals surface area (Å²) in [6.07, 6.45) is 3.43. The van der Waals surface area contributed by atoms with Gasteiger partial charge in [0.25, 0.3) is 0 Å². The highest BCUT2D eigenvalue weighted by molar-refractivity contribution is 7.89. The molecule has 2 aromatic carbocycles. The number of aryl methyl sites for hydroxylation is 4. The molecule has 122 valence electrons. The van der Waals surface area contributed by atoms with E-state index in [0.717, 1.165) is 29.5 Å². The summed E-state index contributed by atoms with van der Waals surface area (Å²) in [5.74, 6) is 0. The normalized spacial score (nSPS) is 15.4. The van der Waals surface area contributed by atoms with Crippen LogP contribution in [0.3, 0.4) is 0 Å². The number of hydrogen-bond acceptors (Lipinski definition) is 2. The maximum Gasteiger partial charge on any atom is 0.241 e. The smallest absolute Gasteiger partial charge is 0.207 e. The second-order valence-corrected chi connectivity index (χ2v) is 8.18. The zero-order valence-corrected chi connectivity index (χ0v) is 14.7. The Morgan fingerprint density at radius 3 is 2.52 bits per heavy atom. The zero-order chi connectivity index (χ0) is 16.6. The highest BCUT2D eigenvalue weighted by atomic mass is 32.2. The van der Waals surface area contributed by atoms with Crippen molar-refractivity contribution in [2.75, 3.05) is 0 Å². The van der Waals surface area contributed by atoms with Gasteiger partial charge in [0.05, 0.1) is 4.90 Å². The Kier molecular flexibility index (Phi) is 4.30. The molecule has 3 nitrogen and oxygen atoms in total. The van der Waals surface area contributed by atoms with Crippen LogP contribution < -0.4 is 4.72 Å². The van der Waals surface area contributed by atoms with Crippen molar-refractivity contribution in [2.45, 2.75) is 51.0 Å². The van der Waals surface area contributed by atoms with Gasteiger partial charge in [-0.25, -0.2) is 13.1 Å². The first kappa shape index (κ1) is 16.2. The molecule has 3 rings (SSSR count). The molecule has 0 saturated carbocycles. The fraction of sp³-hybridized carbons (Fsp3) is 0.368. The van der Waals surface area contributed by atoms with Crippen LogP contribution >= 0.6 is 0 Å². The van der Waals surface area contributed by atoms with Crippen LogP contribution in [0, 0.1) is 13.8 Å². The predicted molar refractivity (Wildman–Crippen MR) is 93.1 cm³/mol. The lowest BCUT2D eigenvalue weighted by Crippen LogP contribution is -2.27. The van der Waals surface area contributed by atoms with Gasteiger partial charge in [-0.05, 0) is 73.9 Å². The van der Waals surface area contributed by atoms with Gasteiger partial charge >= 0.3 is 0 Å². The summed E-state index contributed by atoms with van der Waals surface area (Å²) < 4.78 is 28.2. The maximum atomic E-state index is 12.7. The first-order chi connectivity index (χ1) is 10.9. The van der Waals surface area contributed by atoms with Crippen molar-refractivity contribution in [1.29, 1.82) is 0 Å². The molecule has 0 amide bonds. The zero-order valence-electron chi connectivity index (χ0n) is 13.9. The number of fused-ring (bicyclic) bond motifs is 1. The van der Waals surface area contributed by atoms with Crippen molar-refractivity contribution in [2.24, 2.45) is 0 Å². The van der Waals surface area contributed by atoms with Crippen LogP contribution in [0.4, 0.5) is 0 Å². The van der Waals surface area contributed by atoms with Crippen LogP contribution in [0.25, 0.3) is 0 Å². The monoisotopic (exact) mass is 329 g/mol. The van der Waals surface area contributed by atoms with Gasteiger partial charge in [-0.15, -0.1) is 0 Å². The van der Waals surface area contributed by atoms with Crippen LogP contribution in [-0.4, -0.2) is 8.42 Å². The molecule has 2 aromatic rings. The third-order valence-corrected chi connectivity index (χ3v) is 6.27. The van der Waals surface area contributed by atoms with Gasteiger partial charge in [-0.3, -0.25) is 0 Å². The highest BCUT2D eigenvalue weighted by Gasteiger charge is 2.21. The fourth-order valence-corrected chi connectivity index (χ4v) is 4.78. The van der Waals surface area contributed by atoms with Crippen molar-refractivity contribution in [3.8, 4) is 0 Å². The molecular weight excluding hydrogens is 306 g/mol. The highest BCUT2D eigenvalue weighted by Crippen LogP contribution is 2.26. The van der Waals surface area contributed by atoms with E-state index in [1.54, 1.807) is 6.07 Å². The second-order valence-electron chi connectivity index (χ2n) is 6.49. The van der Waals surface area contributed by atoms with Gasteiger partial charge in [-0.2, -0.15) is 0 Å². The van der Waals surface area contributed by atoms with Gasteiger partial charge in [0.15, 0.2) is 0 Å². The van der Waals surface area contributed by atoms with Crippen molar-refractivity contribution in [3.05, 3.63) is 64.2 Å². The molecule has 0 saturated heterocycles.